The van der Waals surface area contributed by atoms with Gasteiger partial charge in [0.15, 0.2) is 6.61 Å². The van der Waals surface area contributed by atoms with Gasteiger partial charge in [0, 0.05) is 11.8 Å². The molecule has 1 rings (SSSR count). The Morgan fingerprint density at radius 1 is 1.33 bits per heavy atom. The molecule has 4 N–H and O–H groups in total. The van der Waals surface area contributed by atoms with Gasteiger partial charge in [0.25, 0.3) is 5.91 Å². The SMILES string of the molecule is CC(C)OC(=O)COc1cc(N)ccc1C(N)=O. The molecule has 0 spiro atoms. The van der Waals surface area contributed by atoms with E-state index in [1.165, 1.54) is 18.2 Å². The first kappa shape index (κ1) is 13.8. The standard InChI is InChI=1S/C12H16N2O4/c1-7(2)18-11(15)6-17-10-5-8(13)3-4-9(10)12(14)16/h3-5,7H,6,13H2,1-2H3,(H2,14,16). The molecular weight excluding hydrogens is 236 g/mol. The monoisotopic (exact) mass is 252 g/mol. The van der Waals surface area contributed by atoms with Crippen molar-refractivity contribution in [2.75, 3.05) is 12.3 Å². The van der Waals surface area contributed by atoms with Crippen LogP contribution in [0.1, 0.15) is 24.2 Å². The Morgan fingerprint density at radius 2 is 2.00 bits per heavy atom. The van der Waals surface area contributed by atoms with Gasteiger partial charge in [-0.05, 0) is 26.0 Å². The first-order chi connectivity index (χ1) is 8.40. The number of benzene rings is 1. The summed E-state index contributed by atoms with van der Waals surface area (Å²) in [6, 6.07) is 4.41. The summed E-state index contributed by atoms with van der Waals surface area (Å²) in [5.74, 6) is -1.01. The van der Waals surface area contributed by atoms with E-state index in [2.05, 4.69) is 0 Å². The van der Waals surface area contributed by atoms with Crippen LogP contribution in [-0.4, -0.2) is 24.6 Å². The van der Waals surface area contributed by atoms with E-state index in [-0.39, 0.29) is 24.0 Å². The zero-order valence-corrected chi connectivity index (χ0v) is 10.3. The molecule has 0 radical (unpaired) electrons. The van der Waals surface area contributed by atoms with Crippen LogP contribution in [0.25, 0.3) is 0 Å². The minimum Gasteiger partial charge on any atom is -0.481 e. The molecule has 6 heteroatoms. The maximum atomic E-state index is 11.3. The summed E-state index contributed by atoms with van der Waals surface area (Å²) < 4.78 is 10.1. The molecule has 1 amide bonds. The number of rotatable bonds is 5. The minimum absolute atomic E-state index is 0.168. The molecule has 6 nitrogen and oxygen atoms in total. The fourth-order valence-corrected chi connectivity index (χ4v) is 1.30. The molecule has 0 atom stereocenters. The molecule has 0 aliphatic heterocycles. The van der Waals surface area contributed by atoms with Crippen LogP contribution < -0.4 is 16.2 Å². The summed E-state index contributed by atoms with van der Waals surface area (Å²) in [7, 11) is 0. The molecule has 0 bridgehead atoms. The summed E-state index contributed by atoms with van der Waals surface area (Å²) in [5.41, 5.74) is 11.3. The van der Waals surface area contributed by atoms with Crippen molar-refractivity contribution < 1.29 is 19.1 Å². The third kappa shape index (κ3) is 3.97. The van der Waals surface area contributed by atoms with Gasteiger partial charge in [-0.25, -0.2) is 4.79 Å². The van der Waals surface area contributed by atoms with E-state index < -0.39 is 11.9 Å². The summed E-state index contributed by atoms with van der Waals surface area (Å²) >= 11 is 0. The molecule has 0 saturated heterocycles. The first-order valence-electron chi connectivity index (χ1n) is 5.41. The number of amides is 1. The molecule has 0 aliphatic carbocycles. The second kappa shape index (κ2) is 5.90. The van der Waals surface area contributed by atoms with Crippen molar-refractivity contribution in [1.29, 1.82) is 0 Å². The van der Waals surface area contributed by atoms with E-state index >= 15 is 0 Å². The van der Waals surface area contributed by atoms with Gasteiger partial charge in [0.2, 0.25) is 0 Å². The van der Waals surface area contributed by atoms with E-state index in [0.717, 1.165) is 0 Å². The zero-order valence-electron chi connectivity index (χ0n) is 10.3. The highest BCUT2D eigenvalue weighted by Crippen LogP contribution is 2.21. The van der Waals surface area contributed by atoms with Crippen LogP contribution in [0.4, 0.5) is 5.69 Å². The van der Waals surface area contributed by atoms with Gasteiger partial charge in [-0.1, -0.05) is 0 Å². The quantitative estimate of drug-likeness (QED) is 0.592. The second-order valence-electron chi connectivity index (χ2n) is 3.95. The van der Waals surface area contributed by atoms with Crippen LogP contribution in [0, 0.1) is 0 Å². The molecular formula is C12H16N2O4. The topological polar surface area (TPSA) is 105 Å². The van der Waals surface area contributed by atoms with Gasteiger partial charge in [0.1, 0.15) is 5.75 Å². The van der Waals surface area contributed by atoms with Crippen LogP contribution in [0.3, 0.4) is 0 Å². The first-order valence-corrected chi connectivity index (χ1v) is 5.41. The lowest BCUT2D eigenvalue weighted by Crippen LogP contribution is -2.20. The van der Waals surface area contributed by atoms with Crippen molar-refractivity contribution in [2.45, 2.75) is 20.0 Å². The molecule has 1 aromatic rings. The van der Waals surface area contributed by atoms with Crippen LogP contribution >= 0.6 is 0 Å². The Hall–Kier alpha value is -2.24. The highest BCUT2D eigenvalue weighted by Gasteiger charge is 2.12. The molecule has 0 unspecified atom stereocenters. The lowest BCUT2D eigenvalue weighted by Gasteiger charge is -2.11. The number of carbonyl (C=O) groups is 2. The Kier molecular flexibility index (Phi) is 4.53. The molecule has 0 aliphatic rings. The van der Waals surface area contributed by atoms with E-state index in [1.54, 1.807) is 13.8 Å². The third-order valence-corrected chi connectivity index (χ3v) is 1.98. The van der Waals surface area contributed by atoms with Crippen molar-refractivity contribution in [2.24, 2.45) is 5.73 Å². The molecule has 0 fully saturated rings. The molecule has 0 aromatic heterocycles. The number of hydrogen-bond donors (Lipinski definition) is 2. The smallest absolute Gasteiger partial charge is 0.344 e. The normalized spacial score (nSPS) is 10.2. The predicted molar refractivity (Wildman–Crippen MR) is 66.1 cm³/mol. The third-order valence-electron chi connectivity index (χ3n) is 1.98. The number of hydrogen-bond acceptors (Lipinski definition) is 5. The minimum atomic E-state index is -0.651. The fraction of sp³-hybridized carbons (Fsp3) is 0.333. The van der Waals surface area contributed by atoms with Crippen molar-refractivity contribution in [3.05, 3.63) is 23.8 Å². The maximum absolute atomic E-state index is 11.3. The van der Waals surface area contributed by atoms with Gasteiger partial charge in [-0.15, -0.1) is 0 Å². The number of carbonyl (C=O) groups excluding carboxylic acids is 2. The van der Waals surface area contributed by atoms with Gasteiger partial charge < -0.3 is 20.9 Å². The van der Waals surface area contributed by atoms with Crippen molar-refractivity contribution in [3.8, 4) is 5.75 Å². The molecule has 98 valence electrons. The Morgan fingerprint density at radius 3 is 2.56 bits per heavy atom. The average Bonchev–Trinajstić information content (AvgIpc) is 2.25. The van der Waals surface area contributed by atoms with E-state index in [1.807, 2.05) is 0 Å². The van der Waals surface area contributed by atoms with Gasteiger partial charge >= 0.3 is 5.97 Å². The van der Waals surface area contributed by atoms with Gasteiger partial charge in [-0.2, -0.15) is 0 Å². The lowest BCUT2D eigenvalue weighted by atomic mass is 10.2. The van der Waals surface area contributed by atoms with E-state index in [9.17, 15) is 9.59 Å². The lowest BCUT2D eigenvalue weighted by molar-refractivity contribution is -0.149. The molecule has 18 heavy (non-hydrogen) atoms. The summed E-state index contributed by atoms with van der Waals surface area (Å²) in [5, 5.41) is 0. The van der Waals surface area contributed by atoms with Crippen LogP contribution in [0.15, 0.2) is 18.2 Å². The number of esters is 1. The number of nitrogen functional groups attached to an aromatic ring is 1. The summed E-state index contributed by atoms with van der Waals surface area (Å²) in [6.45, 7) is 3.16. The van der Waals surface area contributed by atoms with Crippen LogP contribution in [-0.2, 0) is 9.53 Å². The van der Waals surface area contributed by atoms with E-state index in [0.29, 0.717) is 5.69 Å². The van der Waals surface area contributed by atoms with E-state index in [4.69, 9.17) is 20.9 Å². The maximum Gasteiger partial charge on any atom is 0.344 e. The summed E-state index contributed by atoms with van der Waals surface area (Å²) in [6.07, 6.45) is -0.224. The van der Waals surface area contributed by atoms with Crippen molar-refractivity contribution in [1.82, 2.24) is 0 Å². The summed E-state index contributed by atoms with van der Waals surface area (Å²) in [4.78, 5) is 22.4. The average molecular weight is 252 g/mol. The van der Waals surface area contributed by atoms with Gasteiger partial charge in [-0.3, -0.25) is 4.79 Å². The van der Waals surface area contributed by atoms with Crippen molar-refractivity contribution in [3.63, 3.8) is 0 Å². The second-order valence-corrected chi connectivity index (χ2v) is 3.95. The largest absolute Gasteiger partial charge is 0.481 e. The number of primary amides is 1. The predicted octanol–water partition coefficient (Wildman–Crippen LogP) is 0.698. The Labute approximate surface area is 105 Å². The Bertz CT molecular complexity index is 457. The number of ether oxygens (including phenoxy) is 2. The molecule has 1 aromatic carbocycles. The highest BCUT2D eigenvalue weighted by molar-refractivity contribution is 5.96. The Balaban J connectivity index is 2.74. The van der Waals surface area contributed by atoms with Crippen LogP contribution in [0.5, 0.6) is 5.75 Å². The number of anilines is 1. The molecule has 0 heterocycles. The fourth-order valence-electron chi connectivity index (χ4n) is 1.30. The number of nitrogens with two attached hydrogens (primary N) is 2. The van der Waals surface area contributed by atoms with Crippen LogP contribution in [0.2, 0.25) is 0 Å². The molecule has 0 saturated carbocycles. The van der Waals surface area contributed by atoms with Crippen molar-refractivity contribution >= 4 is 17.6 Å². The highest BCUT2D eigenvalue weighted by atomic mass is 16.6. The zero-order chi connectivity index (χ0) is 13.7. The van der Waals surface area contributed by atoms with Gasteiger partial charge in [0.05, 0.1) is 11.7 Å².